The molecule has 0 aliphatic carbocycles. The molecule has 4 aromatic rings. The van der Waals surface area contributed by atoms with E-state index < -0.39 is 0 Å². The van der Waals surface area contributed by atoms with Gasteiger partial charge in [-0.2, -0.15) is 0 Å². The molecule has 3 aromatic heterocycles. The molecule has 0 spiro atoms. The standard InChI is InChI=1S/C16H11ClN4OS/c17-12-6-4-11(5-7-12)14-9-13(22-20-14)10-23-16-19-18-15-3-1-2-8-21(15)16/h1-9H,10H2. The van der Waals surface area contributed by atoms with Gasteiger partial charge in [-0.15, -0.1) is 10.2 Å². The van der Waals surface area contributed by atoms with Crippen molar-refractivity contribution < 1.29 is 4.52 Å². The summed E-state index contributed by atoms with van der Waals surface area (Å²) in [5.74, 6) is 1.42. The van der Waals surface area contributed by atoms with Crippen molar-refractivity contribution in [2.45, 2.75) is 10.9 Å². The summed E-state index contributed by atoms with van der Waals surface area (Å²) in [5.41, 5.74) is 2.60. The van der Waals surface area contributed by atoms with Crippen molar-refractivity contribution in [3.05, 3.63) is 65.5 Å². The molecule has 0 saturated carbocycles. The largest absolute Gasteiger partial charge is 0.360 e. The maximum atomic E-state index is 5.90. The summed E-state index contributed by atoms with van der Waals surface area (Å²) in [6, 6.07) is 15.3. The zero-order valence-corrected chi connectivity index (χ0v) is 13.5. The Labute approximate surface area is 141 Å². The highest BCUT2D eigenvalue weighted by molar-refractivity contribution is 7.98. The lowest BCUT2D eigenvalue weighted by molar-refractivity contribution is 0.397. The number of pyridine rings is 1. The van der Waals surface area contributed by atoms with E-state index in [0.717, 1.165) is 27.8 Å². The Kier molecular flexibility index (Phi) is 3.77. The summed E-state index contributed by atoms with van der Waals surface area (Å²) in [7, 11) is 0. The zero-order chi connectivity index (χ0) is 15.6. The molecule has 1 aromatic carbocycles. The summed E-state index contributed by atoms with van der Waals surface area (Å²) < 4.78 is 7.34. The Morgan fingerprint density at radius 2 is 1.96 bits per heavy atom. The van der Waals surface area contributed by atoms with Crippen LogP contribution in [0.5, 0.6) is 0 Å². The molecule has 0 unspecified atom stereocenters. The van der Waals surface area contributed by atoms with Crippen molar-refractivity contribution in [3.63, 3.8) is 0 Å². The highest BCUT2D eigenvalue weighted by Gasteiger charge is 2.10. The van der Waals surface area contributed by atoms with Crippen LogP contribution < -0.4 is 0 Å². The van der Waals surface area contributed by atoms with Crippen molar-refractivity contribution in [2.75, 3.05) is 0 Å². The van der Waals surface area contributed by atoms with Crippen LogP contribution in [0.25, 0.3) is 16.9 Å². The summed E-state index contributed by atoms with van der Waals surface area (Å²) >= 11 is 7.45. The topological polar surface area (TPSA) is 56.2 Å². The molecule has 0 fully saturated rings. The summed E-state index contributed by atoms with van der Waals surface area (Å²) in [5, 5.41) is 13.9. The maximum Gasteiger partial charge on any atom is 0.196 e. The number of hydrogen-bond acceptors (Lipinski definition) is 5. The third kappa shape index (κ3) is 2.95. The molecule has 0 aliphatic heterocycles. The Balaban J connectivity index is 1.51. The molecule has 0 N–H and O–H groups in total. The predicted octanol–water partition coefficient (Wildman–Crippen LogP) is 4.33. The van der Waals surface area contributed by atoms with E-state index in [-0.39, 0.29) is 0 Å². The van der Waals surface area contributed by atoms with Gasteiger partial charge >= 0.3 is 0 Å². The van der Waals surface area contributed by atoms with Crippen LogP contribution in [-0.4, -0.2) is 19.8 Å². The first kappa shape index (κ1) is 14.3. The number of aromatic nitrogens is 4. The number of nitrogens with zero attached hydrogens (tertiary/aromatic N) is 4. The number of benzene rings is 1. The second-order valence-electron chi connectivity index (χ2n) is 4.89. The average molecular weight is 343 g/mol. The van der Waals surface area contributed by atoms with Gasteiger partial charge in [0.15, 0.2) is 10.8 Å². The molecular formula is C16H11ClN4OS. The van der Waals surface area contributed by atoms with Crippen LogP contribution in [-0.2, 0) is 5.75 Å². The lowest BCUT2D eigenvalue weighted by Crippen LogP contribution is -1.86. The Morgan fingerprint density at radius 3 is 2.83 bits per heavy atom. The highest BCUT2D eigenvalue weighted by atomic mass is 35.5. The maximum absolute atomic E-state index is 5.90. The molecule has 0 amide bonds. The van der Waals surface area contributed by atoms with E-state index >= 15 is 0 Å². The molecule has 0 atom stereocenters. The van der Waals surface area contributed by atoms with Crippen LogP contribution in [0.15, 0.2) is 64.4 Å². The van der Waals surface area contributed by atoms with Gasteiger partial charge in [-0.05, 0) is 24.3 Å². The molecule has 0 radical (unpaired) electrons. The molecule has 114 valence electrons. The average Bonchev–Trinajstić information content (AvgIpc) is 3.20. The molecule has 0 bridgehead atoms. The monoisotopic (exact) mass is 342 g/mol. The van der Waals surface area contributed by atoms with Gasteiger partial charge in [-0.1, -0.05) is 46.7 Å². The van der Waals surface area contributed by atoms with Crippen LogP contribution >= 0.6 is 23.4 Å². The lowest BCUT2D eigenvalue weighted by atomic mass is 10.1. The second kappa shape index (κ2) is 6.06. The highest BCUT2D eigenvalue weighted by Crippen LogP contribution is 2.25. The fourth-order valence-corrected chi connectivity index (χ4v) is 3.12. The number of halogens is 1. The first-order valence-electron chi connectivity index (χ1n) is 6.94. The van der Waals surface area contributed by atoms with E-state index in [1.807, 2.05) is 59.1 Å². The summed E-state index contributed by atoms with van der Waals surface area (Å²) in [4.78, 5) is 0. The van der Waals surface area contributed by atoms with Crippen LogP contribution in [0.2, 0.25) is 5.02 Å². The second-order valence-corrected chi connectivity index (χ2v) is 6.26. The Bertz CT molecular complexity index is 948. The van der Waals surface area contributed by atoms with Crippen LogP contribution in [0.3, 0.4) is 0 Å². The van der Waals surface area contributed by atoms with Gasteiger partial charge in [0.05, 0.1) is 5.75 Å². The summed E-state index contributed by atoms with van der Waals surface area (Å²) in [6.07, 6.45) is 1.94. The third-order valence-electron chi connectivity index (χ3n) is 3.32. The minimum absolute atomic E-state index is 0.635. The molecule has 7 heteroatoms. The van der Waals surface area contributed by atoms with Crippen molar-refractivity contribution in [3.8, 4) is 11.3 Å². The number of thioether (sulfide) groups is 1. The normalized spacial score (nSPS) is 11.2. The SMILES string of the molecule is Clc1ccc(-c2cc(CSc3nnc4ccccn34)on2)cc1. The number of hydrogen-bond donors (Lipinski definition) is 0. The van der Waals surface area contributed by atoms with Gasteiger partial charge in [0.25, 0.3) is 0 Å². The third-order valence-corrected chi connectivity index (χ3v) is 4.54. The van der Waals surface area contributed by atoms with Gasteiger partial charge in [-0.3, -0.25) is 4.40 Å². The lowest BCUT2D eigenvalue weighted by Gasteiger charge is -1.96. The Morgan fingerprint density at radius 1 is 1.09 bits per heavy atom. The minimum atomic E-state index is 0.635. The quantitative estimate of drug-likeness (QED) is 0.517. The molecule has 0 saturated heterocycles. The molecule has 5 nitrogen and oxygen atoms in total. The van der Waals surface area contributed by atoms with Crippen LogP contribution in [0, 0.1) is 0 Å². The molecular weight excluding hydrogens is 332 g/mol. The van der Waals surface area contributed by atoms with Crippen molar-refractivity contribution in [2.24, 2.45) is 0 Å². The van der Waals surface area contributed by atoms with E-state index in [0.29, 0.717) is 10.8 Å². The predicted molar refractivity (Wildman–Crippen MR) is 89.5 cm³/mol. The molecule has 4 rings (SSSR count). The van der Waals surface area contributed by atoms with Gasteiger partial charge in [0, 0.05) is 22.8 Å². The fourth-order valence-electron chi connectivity index (χ4n) is 2.19. The van der Waals surface area contributed by atoms with Crippen molar-refractivity contribution in [1.82, 2.24) is 19.8 Å². The minimum Gasteiger partial charge on any atom is -0.360 e. The van der Waals surface area contributed by atoms with E-state index in [9.17, 15) is 0 Å². The van der Waals surface area contributed by atoms with Crippen LogP contribution in [0.4, 0.5) is 0 Å². The van der Waals surface area contributed by atoms with Gasteiger partial charge in [0.2, 0.25) is 0 Å². The van der Waals surface area contributed by atoms with E-state index in [1.165, 1.54) is 0 Å². The van der Waals surface area contributed by atoms with Gasteiger partial charge < -0.3 is 4.52 Å². The van der Waals surface area contributed by atoms with E-state index in [1.54, 1.807) is 11.8 Å². The first-order chi connectivity index (χ1) is 11.3. The van der Waals surface area contributed by atoms with Gasteiger partial charge in [0.1, 0.15) is 11.5 Å². The first-order valence-corrected chi connectivity index (χ1v) is 8.30. The van der Waals surface area contributed by atoms with Crippen molar-refractivity contribution in [1.29, 1.82) is 0 Å². The number of rotatable bonds is 4. The molecule has 3 heterocycles. The fraction of sp³-hybridized carbons (Fsp3) is 0.0625. The number of fused-ring (bicyclic) bond motifs is 1. The zero-order valence-electron chi connectivity index (χ0n) is 11.9. The summed E-state index contributed by atoms with van der Waals surface area (Å²) in [6.45, 7) is 0. The Hall–Kier alpha value is -2.31. The van der Waals surface area contributed by atoms with Gasteiger partial charge in [-0.25, -0.2) is 0 Å². The molecule has 23 heavy (non-hydrogen) atoms. The van der Waals surface area contributed by atoms with E-state index in [2.05, 4.69) is 15.4 Å². The molecule has 0 aliphatic rings. The van der Waals surface area contributed by atoms with Crippen molar-refractivity contribution >= 4 is 29.0 Å². The smallest absolute Gasteiger partial charge is 0.196 e. The van der Waals surface area contributed by atoms with Crippen LogP contribution in [0.1, 0.15) is 5.76 Å². The van der Waals surface area contributed by atoms with E-state index in [4.69, 9.17) is 16.1 Å².